The van der Waals surface area contributed by atoms with Crippen LogP contribution in [0.25, 0.3) is 0 Å². The molecule has 0 radical (unpaired) electrons. The van der Waals surface area contributed by atoms with Crippen LogP contribution in [-0.4, -0.2) is 16.6 Å². The summed E-state index contributed by atoms with van der Waals surface area (Å²) in [5.41, 5.74) is 0.980. The average Bonchev–Trinajstić information content (AvgIpc) is 2.78. The fraction of sp³-hybridized carbons (Fsp3) is 0.636. The number of rotatable bonds is 3. The Labute approximate surface area is 109 Å². The lowest BCUT2D eigenvalue weighted by molar-refractivity contribution is 0.105. The van der Waals surface area contributed by atoms with Crippen molar-refractivity contribution in [1.29, 1.82) is 0 Å². The Morgan fingerprint density at radius 2 is 2.31 bits per heavy atom. The summed E-state index contributed by atoms with van der Waals surface area (Å²) in [6, 6.07) is 0. The van der Waals surface area contributed by atoms with E-state index in [1.807, 2.05) is 0 Å². The van der Waals surface area contributed by atoms with Gasteiger partial charge in [0, 0.05) is 6.61 Å². The molecule has 88 valence electrons. The van der Waals surface area contributed by atoms with E-state index in [2.05, 4.69) is 32.8 Å². The van der Waals surface area contributed by atoms with Crippen LogP contribution in [0, 0.1) is 0 Å². The van der Waals surface area contributed by atoms with E-state index < -0.39 is 0 Å². The zero-order valence-electron chi connectivity index (χ0n) is 9.17. The van der Waals surface area contributed by atoms with E-state index in [9.17, 15) is 0 Å². The number of aryl methyl sites for hydroxylation is 1. The number of nitrogens with zero attached hydrogens (tertiary/aromatic N) is 2. The lowest BCUT2D eigenvalue weighted by Crippen LogP contribution is -2.06. The normalized spacial score (nSPS) is 20.3. The van der Waals surface area contributed by atoms with Gasteiger partial charge < -0.3 is 4.74 Å². The summed E-state index contributed by atoms with van der Waals surface area (Å²) in [6.45, 7) is 2.92. The Kier molecular flexibility index (Phi) is 4.16. The summed E-state index contributed by atoms with van der Waals surface area (Å²) >= 11 is 9.51. The third kappa shape index (κ3) is 2.55. The van der Waals surface area contributed by atoms with Gasteiger partial charge in [-0.25, -0.2) is 9.97 Å². The molecular formula is C11H14BrClN2O. The van der Waals surface area contributed by atoms with Gasteiger partial charge in [-0.05, 0) is 35.2 Å². The van der Waals surface area contributed by atoms with Gasteiger partial charge in [0.2, 0.25) is 0 Å². The van der Waals surface area contributed by atoms with Crippen LogP contribution in [0.4, 0.5) is 0 Å². The van der Waals surface area contributed by atoms with Crippen molar-refractivity contribution in [3.05, 3.63) is 21.1 Å². The first-order valence-corrected chi connectivity index (χ1v) is 6.73. The Balaban J connectivity index is 2.31. The second-order valence-corrected chi connectivity index (χ2v) is 5.04. The number of hydrogen-bond donors (Lipinski definition) is 0. The molecule has 0 bridgehead atoms. The molecule has 0 N–H and O–H groups in total. The molecule has 2 heterocycles. The van der Waals surface area contributed by atoms with Crippen molar-refractivity contribution in [2.45, 2.75) is 38.7 Å². The number of ether oxygens (including phenoxy) is 1. The molecule has 0 spiro atoms. The molecule has 0 amide bonds. The first-order chi connectivity index (χ1) is 7.72. The Morgan fingerprint density at radius 1 is 1.50 bits per heavy atom. The summed E-state index contributed by atoms with van der Waals surface area (Å²) in [5, 5.41) is 0.490. The minimum atomic E-state index is 0.0289. The molecule has 1 aliphatic rings. The van der Waals surface area contributed by atoms with E-state index in [4.69, 9.17) is 16.3 Å². The highest BCUT2D eigenvalue weighted by Gasteiger charge is 2.22. The third-order valence-corrected chi connectivity index (χ3v) is 3.94. The molecule has 1 saturated heterocycles. The average molecular weight is 306 g/mol. The second-order valence-electron chi connectivity index (χ2n) is 3.88. The standard InChI is InChI=1S/C11H14BrClN2O/c1-2-4-7-9(12)10(13)15-11(14-7)8-5-3-6-16-8/h8H,2-6H2,1H3. The molecule has 1 aliphatic heterocycles. The van der Waals surface area contributed by atoms with E-state index in [0.717, 1.165) is 48.3 Å². The molecule has 1 aromatic rings. The van der Waals surface area contributed by atoms with E-state index in [-0.39, 0.29) is 6.10 Å². The molecule has 1 fully saturated rings. The van der Waals surface area contributed by atoms with Crippen molar-refractivity contribution in [2.75, 3.05) is 6.61 Å². The van der Waals surface area contributed by atoms with Gasteiger partial charge in [-0.2, -0.15) is 0 Å². The highest BCUT2D eigenvalue weighted by molar-refractivity contribution is 9.10. The maximum Gasteiger partial charge on any atom is 0.159 e. The van der Waals surface area contributed by atoms with Crippen molar-refractivity contribution < 1.29 is 4.74 Å². The van der Waals surface area contributed by atoms with Crippen LogP contribution >= 0.6 is 27.5 Å². The van der Waals surface area contributed by atoms with Crippen molar-refractivity contribution in [2.24, 2.45) is 0 Å². The van der Waals surface area contributed by atoms with Crippen molar-refractivity contribution in [1.82, 2.24) is 9.97 Å². The second kappa shape index (κ2) is 5.43. The summed E-state index contributed by atoms with van der Waals surface area (Å²) in [4.78, 5) is 8.82. The summed E-state index contributed by atoms with van der Waals surface area (Å²) < 4.78 is 6.39. The van der Waals surface area contributed by atoms with Gasteiger partial charge in [0.25, 0.3) is 0 Å². The Morgan fingerprint density at radius 3 is 2.94 bits per heavy atom. The van der Waals surface area contributed by atoms with E-state index in [1.165, 1.54) is 0 Å². The van der Waals surface area contributed by atoms with Crippen molar-refractivity contribution in [3.8, 4) is 0 Å². The monoisotopic (exact) mass is 304 g/mol. The van der Waals surface area contributed by atoms with Crippen molar-refractivity contribution in [3.63, 3.8) is 0 Å². The predicted octanol–water partition coefficient (Wildman–Crippen LogP) is 3.70. The molecule has 1 unspecified atom stereocenters. The van der Waals surface area contributed by atoms with Gasteiger partial charge in [0.05, 0.1) is 10.2 Å². The predicted molar refractivity (Wildman–Crippen MR) is 66.7 cm³/mol. The molecule has 16 heavy (non-hydrogen) atoms. The molecule has 0 aliphatic carbocycles. The summed E-state index contributed by atoms with van der Waals surface area (Å²) in [7, 11) is 0. The molecule has 0 saturated carbocycles. The minimum absolute atomic E-state index is 0.0289. The molecule has 1 atom stereocenters. The molecule has 1 aromatic heterocycles. The number of halogens is 2. The zero-order valence-corrected chi connectivity index (χ0v) is 11.5. The van der Waals surface area contributed by atoms with Crippen LogP contribution in [0.15, 0.2) is 4.47 Å². The highest BCUT2D eigenvalue weighted by Crippen LogP contribution is 2.30. The lowest BCUT2D eigenvalue weighted by atomic mass is 10.2. The van der Waals surface area contributed by atoms with Crippen LogP contribution < -0.4 is 0 Å². The SMILES string of the molecule is CCCc1nc(C2CCCO2)nc(Cl)c1Br. The zero-order chi connectivity index (χ0) is 11.5. The fourth-order valence-corrected chi connectivity index (χ4v) is 2.38. The maximum atomic E-state index is 6.08. The van der Waals surface area contributed by atoms with Crippen molar-refractivity contribution >= 4 is 27.5 Å². The molecule has 5 heteroatoms. The highest BCUT2D eigenvalue weighted by atomic mass is 79.9. The van der Waals surface area contributed by atoms with Gasteiger partial charge in [-0.3, -0.25) is 0 Å². The van der Waals surface area contributed by atoms with Crippen LogP contribution in [0.2, 0.25) is 5.15 Å². The van der Waals surface area contributed by atoms with Gasteiger partial charge in [-0.1, -0.05) is 24.9 Å². The summed E-state index contributed by atoms with van der Waals surface area (Å²) in [6.07, 6.45) is 4.04. The summed E-state index contributed by atoms with van der Waals surface area (Å²) in [5.74, 6) is 0.731. The first kappa shape index (κ1) is 12.3. The van der Waals surface area contributed by atoms with Crippen LogP contribution in [0.5, 0.6) is 0 Å². The van der Waals surface area contributed by atoms with Gasteiger partial charge in [0.15, 0.2) is 5.82 Å². The van der Waals surface area contributed by atoms with Crippen LogP contribution in [0.3, 0.4) is 0 Å². The minimum Gasteiger partial charge on any atom is -0.370 e. The van der Waals surface area contributed by atoms with Gasteiger partial charge >= 0.3 is 0 Å². The molecule has 2 rings (SSSR count). The van der Waals surface area contributed by atoms with Gasteiger partial charge in [-0.15, -0.1) is 0 Å². The topological polar surface area (TPSA) is 35.0 Å². The smallest absolute Gasteiger partial charge is 0.159 e. The largest absolute Gasteiger partial charge is 0.370 e. The number of hydrogen-bond acceptors (Lipinski definition) is 3. The van der Waals surface area contributed by atoms with E-state index in [0.29, 0.717) is 5.15 Å². The molecule has 0 aromatic carbocycles. The Bertz CT molecular complexity index is 380. The third-order valence-electron chi connectivity index (χ3n) is 2.60. The molecular weight excluding hydrogens is 291 g/mol. The quantitative estimate of drug-likeness (QED) is 0.799. The molecule has 3 nitrogen and oxygen atoms in total. The van der Waals surface area contributed by atoms with Crippen LogP contribution in [0.1, 0.15) is 43.8 Å². The van der Waals surface area contributed by atoms with Gasteiger partial charge in [0.1, 0.15) is 11.3 Å². The van der Waals surface area contributed by atoms with E-state index in [1.54, 1.807) is 0 Å². The lowest BCUT2D eigenvalue weighted by Gasteiger charge is -2.11. The Hall–Kier alpha value is -0.190. The van der Waals surface area contributed by atoms with Crippen LogP contribution in [-0.2, 0) is 11.2 Å². The van der Waals surface area contributed by atoms with E-state index >= 15 is 0 Å². The fourth-order valence-electron chi connectivity index (χ4n) is 1.81. The first-order valence-electron chi connectivity index (χ1n) is 5.55. The number of aromatic nitrogens is 2. The maximum absolute atomic E-state index is 6.08.